The van der Waals surface area contributed by atoms with Crippen molar-refractivity contribution in [1.82, 2.24) is 25.0 Å². The van der Waals surface area contributed by atoms with Gasteiger partial charge in [-0.25, -0.2) is 4.98 Å². The number of hydrogen-bond acceptors (Lipinski definition) is 8. The molecule has 2 aliphatic rings. The number of hydrogen-bond donors (Lipinski definition) is 2. The van der Waals surface area contributed by atoms with Crippen LogP contribution in [0.25, 0.3) is 34.1 Å². The summed E-state index contributed by atoms with van der Waals surface area (Å²) in [6.07, 6.45) is 1.91. The number of benzene rings is 2. The number of amides is 1. The van der Waals surface area contributed by atoms with Crippen LogP contribution in [0.15, 0.2) is 47.0 Å². The van der Waals surface area contributed by atoms with E-state index in [-0.39, 0.29) is 18.4 Å². The van der Waals surface area contributed by atoms with E-state index in [2.05, 4.69) is 25.4 Å². The zero-order valence-electron chi connectivity index (χ0n) is 18.4. The summed E-state index contributed by atoms with van der Waals surface area (Å²) in [7, 11) is 1.33. The van der Waals surface area contributed by atoms with Gasteiger partial charge in [0.25, 0.3) is 5.89 Å². The highest BCUT2D eigenvalue weighted by Crippen LogP contribution is 2.35. The molecule has 0 bridgehead atoms. The average Bonchev–Trinajstić information content (AvgIpc) is 3.43. The molecule has 2 aromatic heterocycles. The first-order chi connectivity index (χ1) is 16.6. The number of nitrogens with one attached hydrogen (secondary N) is 2. The lowest BCUT2D eigenvalue weighted by Gasteiger charge is -2.23. The van der Waals surface area contributed by atoms with Crippen molar-refractivity contribution in [3.63, 3.8) is 0 Å². The van der Waals surface area contributed by atoms with E-state index < -0.39 is 12.0 Å². The van der Waals surface area contributed by atoms with Gasteiger partial charge in [0.2, 0.25) is 11.7 Å². The number of para-hydroxylation sites is 2. The van der Waals surface area contributed by atoms with Gasteiger partial charge in [0.15, 0.2) is 5.82 Å². The van der Waals surface area contributed by atoms with Gasteiger partial charge in [0.1, 0.15) is 6.04 Å². The lowest BCUT2D eigenvalue weighted by molar-refractivity contribution is -0.144. The number of carbonyl (C=O) groups excluding carboxylic acids is 2. The van der Waals surface area contributed by atoms with Crippen LogP contribution >= 0.6 is 0 Å². The molecule has 0 radical (unpaired) electrons. The predicted octanol–water partition coefficient (Wildman–Crippen LogP) is 3.13. The van der Waals surface area contributed by atoms with Crippen molar-refractivity contribution in [2.75, 3.05) is 12.4 Å². The van der Waals surface area contributed by atoms with E-state index in [1.54, 1.807) is 0 Å². The number of rotatable bonds is 5. The Morgan fingerprint density at radius 2 is 2.06 bits per heavy atom. The molecule has 6 rings (SSSR count). The molecule has 1 aliphatic heterocycles. The number of nitrogens with zero attached hydrogens (tertiary/aromatic N) is 4. The highest BCUT2D eigenvalue weighted by Gasteiger charge is 2.39. The molecule has 1 fully saturated rings. The Hall–Kier alpha value is -4.21. The van der Waals surface area contributed by atoms with Crippen LogP contribution in [-0.2, 0) is 20.9 Å². The second-order valence-corrected chi connectivity index (χ2v) is 8.57. The number of imidazole rings is 1. The number of methoxy groups -OCH3 is 1. The van der Waals surface area contributed by atoms with Crippen molar-refractivity contribution in [2.24, 2.45) is 0 Å². The average molecular weight is 458 g/mol. The van der Waals surface area contributed by atoms with Crippen LogP contribution in [0.3, 0.4) is 0 Å². The highest BCUT2D eigenvalue weighted by molar-refractivity contribution is 5.91. The summed E-state index contributed by atoms with van der Waals surface area (Å²) in [5.41, 5.74) is 4.18. The molecule has 34 heavy (non-hydrogen) atoms. The number of anilines is 1. The second-order valence-electron chi connectivity index (χ2n) is 8.57. The molecule has 0 saturated heterocycles. The quantitative estimate of drug-likeness (QED) is 0.437. The molecule has 1 amide bonds. The molecule has 2 aromatic carbocycles. The number of carbonyl (C=O) groups is 2. The molecule has 1 atom stereocenters. The lowest BCUT2D eigenvalue weighted by atomic mass is 10.1. The third kappa shape index (κ3) is 3.66. The van der Waals surface area contributed by atoms with Gasteiger partial charge in [0, 0.05) is 23.8 Å². The first kappa shape index (κ1) is 20.4. The number of ether oxygens (including phenoxy) is 1. The van der Waals surface area contributed by atoms with Gasteiger partial charge in [-0.05, 0) is 48.7 Å². The van der Waals surface area contributed by atoms with Crippen LogP contribution in [0.5, 0.6) is 0 Å². The summed E-state index contributed by atoms with van der Waals surface area (Å²) >= 11 is 0. The fraction of sp³-hybridized carbons (Fsp3) is 0.292. The summed E-state index contributed by atoms with van der Waals surface area (Å²) in [6.45, 7) is 0.446. The predicted molar refractivity (Wildman–Crippen MR) is 122 cm³/mol. The smallest absolute Gasteiger partial charge is 0.308 e. The van der Waals surface area contributed by atoms with Crippen molar-refractivity contribution < 1.29 is 18.8 Å². The minimum atomic E-state index is -0.664. The third-order valence-electron chi connectivity index (χ3n) is 6.22. The van der Waals surface area contributed by atoms with Gasteiger partial charge < -0.3 is 24.5 Å². The summed E-state index contributed by atoms with van der Waals surface area (Å²) in [6, 6.07) is 12.9. The Kier molecular flexibility index (Phi) is 4.79. The Balaban J connectivity index is 1.31. The first-order valence-corrected chi connectivity index (χ1v) is 11.1. The first-order valence-electron chi connectivity index (χ1n) is 11.1. The van der Waals surface area contributed by atoms with Gasteiger partial charge in [-0.3, -0.25) is 9.59 Å². The third-order valence-corrected chi connectivity index (χ3v) is 6.22. The van der Waals surface area contributed by atoms with Crippen molar-refractivity contribution in [3.8, 4) is 23.1 Å². The number of aromatic nitrogens is 4. The molecule has 1 unspecified atom stereocenters. The number of fused-ring (bicyclic) bond motifs is 2. The molecule has 4 aromatic rings. The van der Waals surface area contributed by atoms with Crippen molar-refractivity contribution in [1.29, 1.82) is 0 Å². The normalized spacial score (nSPS) is 17.9. The maximum Gasteiger partial charge on any atom is 0.308 e. The van der Waals surface area contributed by atoms with Gasteiger partial charge in [-0.1, -0.05) is 17.3 Å². The molecule has 172 valence electrons. The van der Waals surface area contributed by atoms with Crippen LogP contribution in [0.4, 0.5) is 5.69 Å². The number of aromatic amines is 1. The topological polar surface area (TPSA) is 126 Å². The Morgan fingerprint density at radius 1 is 1.21 bits per heavy atom. The summed E-state index contributed by atoms with van der Waals surface area (Å²) < 4.78 is 10.3. The van der Waals surface area contributed by atoms with Crippen molar-refractivity contribution in [2.45, 2.75) is 37.9 Å². The van der Waals surface area contributed by atoms with E-state index in [4.69, 9.17) is 9.26 Å². The largest absolute Gasteiger partial charge is 0.469 e. The van der Waals surface area contributed by atoms with Crippen molar-refractivity contribution in [3.05, 3.63) is 48.0 Å². The van der Waals surface area contributed by atoms with Gasteiger partial charge in [-0.15, -0.1) is 0 Å². The standard InChI is InChI=1S/C24H22N6O4/c1-33-20(31)11-19-24(32)30(15-7-8-15)12-14-10-13(6-9-16(14)25-19)23-28-22(29-34-23)21-26-17-4-2-3-5-18(17)27-21/h2-6,9-10,15,19,25H,7-8,11-12H2,1H3,(H,26,27). The minimum Gasteiger partial charge on any atom is -0.469 e. The fourth-order valence-corrected chi connectivity index (χ4v) is 4.29. The molecule has 0 spiro atoms. The van der Waals surface area contributed by atoms with E-state index in [9.17, 15) is 9.59 Å². The molecular formula is C24H22N6O4. The monoisotopic (exact) mass is 458 g/mol. The highest BCUT2D eigenvalue weighted by atomic mass is 16.5. The SMILES string of the molecule is COC(=O)CC1Nc2ccc(-c3nc(-c4nc5ccccc5[nH]4)no3)cc2CN(C2CC2)C1=O. The maximum atomic E-state index is 13.1. The molecule has 1 saturated carbocycles. The van der Waals surface area contributed by atoms with E-state index in [0.29, 0.717) is 24.1 Å². The second kappa shape index (κ2) is 7.98. The van der Waals surface area contributed by atoms with Crippen LogP contribution in [0, 0.1) is 0 Å². The Morgan fingerprint density at radius 3 is 2.85 bits per heavy atom. The maximum absolute atomic E-state index is 13.1. The summed E-state index contributed by atoms with van der Waals surface area (Å²) in [5, 5.41) is 7.33. The lowest BCUT2D eigenvalue weighted by Crippen LogP contribution is -2.42. The van der Waals surface area contributed by atoms with Crippen LogP contribution in [0.2, 0.25) is 0 Å². The zero-order valence-corrected chi connectivity index (χ0v) is 18.4. The van der Waals surface area contributed by atoms with E-state index in [1.165, 1.54) is 7.11 Å². The fourth-order valence-electron chi connectivity index (χ4n) is 4.29. The van der Waals surface area contributed by atoms with Crippen LogP contribution in [0.1, 0.15) is 24.8 Å². The summed E-state index contributed by atoms with van der Waals surface area (Å²) in [4.78, 5) is 39.1. The van der Waals surface area contributed by atoms with Crippen molar-refractivity contribution >= 4 is 28.6 Å². The van der Waals surface area contributed by atoms with Gasteiger partial charge in [0.05, 0.1) is 24.6 Å². The number of H-pyrrole nitrogens is 1. The Bertz CT molecular complexity index is 1370. The molecule has 2 N–H and O–H groups in total. The van der Waals surface area contributed by atoms with E-state index >= 15 is 0 Å². The molecule has 3 heterocycles. The summed E-state index contributed by atoms with van der Waals surface area (Å²) in [5.74, 6) is 0.746. The molecular weight excluding hydrogens is 436 g/mol. The molecule has 1 aliphatic carbocycles. The van der Waals surface area contributed by atoms with E-state index in [0.717, 1.165) is 40.7 Å². The molecule has 10 heteroatoms. The van der Waals surface area contributed by atoms with Crippen LogP contribution in [-0.4, -0.2) is 56.1 Å². The van der Waals surface area contributed by atoms with E-state index in [1.807, 2.05) is 47.4 Å². The molecule has 10 nitrogen and oxygen atoms in total. The Labute approximate surface area is 194 Å². The zero-order chi connectivity index (χ0) is 23.2. The minimum absolute atomic E-state index is 0.0235. The van der Waals surface area contributed by atoms with Gasteiger partial charge >= 0.3 is 5.97 Å². The number of esters is 1. The van der Waals surface area contributed by atoms with Crippen LogP contribution < -0.4 is 5.32 Å². The van der Waals surface area contributed by atoms with Gasteiger partial charge in [-0.2, -0.15) is 4.98 Å².